The van der Waals surface area contributed by atoms with Gasteiger partial charge in [0.1, 0.15) is 12.6 Å². The molecule has 0 atom stereocenters. The molecule has 1 amide bonds. The van der Waals surface area contributed by atoms with E-state index in [2.05, 4.69) is 19.4 Å². The van der Waals surface area contributed by atoms with Gasteiger partial charge in [-0.15, -0.1) is 0 Å². The summed E-state index contributed by atoms with van der Waals surface area (Å²) < 4.78 is 3.74. The fourth-order valence-electron chi connectivity index (χ4n) is 0.550. The number of aromatic nitrogens is 2. The summed E-state index contributed by atoms with van der Waals surface area (Å²) in [5.74, 6) is -0.836. The van der Waals surface area contributed by atoms with Gasteiger partial charge in [0, 0.05) is 0 Å². The summed E-state index contributed by atoms with van der Waals surface area (Å²) in [5.41, 5.74) is 8.06. The number of carbonyl (C=O) groups excluding carboxylic acids is 1. The molecule has 0 spiro atoms. The molecular formula is C5H5N4O2S. The Hall–Kier alpha value is -1.50. The van der Waals surface area contributed by atoms with E-state index in [1.165, 1.54) is 12.6 Å². The van der Waals surface area contributed by atoms with Crippen LogP contribution in [0.3, 0.4) is 0 Å². The predicted molar refractivity (Wildman–Crippen MR) is 41.6 cm³/mol. The van der Waals surface area contributed by atoms with Gasteiger partial charge in [0.15, 0.2) is 0 Å². The number of hydrogen-bond donors (Lipinski definition) is 0. The summed E-state index contributed by atoms with van der Waals surface area (Å²) in [6.45, 7) is 0. The van der Waals surface area contributed by atoms with Crippen molar-refractivity contribution in [2.75, 3.05) is 7.11 Å². The van der Waals surface area contributed by atoms with E-state index in [1.807, 2.05) is 0 Å². The smallest absolute Gasteiger partial charge is 0.295 e. The molecule has 1 rings (SSSR count). The number of oxime groups is 1. The molecule has 12 heavy (non-hydrogen) atoms. The molecule has 1 radical (unpaired) electrons. The van der Waals surface area contributed by atoms with E-state index >= 15 is 0 Å². The van der Waals surface area contributed by atoms with Crippen molar-refractivity contribution in [1.82, 2.24) is 15.1 Å². The minimum atomic E-state index is -0.963. The molecule has 0 saturated heterocycles. The van der Waals surface area contributed by atoms with Gasteiger partial charge in [0.05, 0.1) is 0 Å². The molecule has 0 aliphatic rings. The lowest BCUT2D eigenvalue weighted by Crippen LogP contribution is -2.17. The lowest BCUT2D eigenvalue weighted by molar-refractivity contribution is -0.112. The van der Waals surface area contributed by atoms with Crippen LogP contribution in [0, 0.1) is 0 Å². The molecule has 0 bridgehead atoms. The van der Waals surface area contributed by atoms with E-state index in [9.17, 15) is 4.79 Å². The molecule has 1 heterocycles. The van der Waals surface area contributed by atoms with Gasteiger partial charge < -0.3 is 4.84 Å². The fraction of sp³-hybridized carbons (Fsp3) is 0.200. The Labute approximate surface area is 72.2 Å². The number of nitrogens with zero attached hydrogens (tertiary/aromatic N) is 3. The van der Waals surface area contributed by atoms with Crippen molar-refractivity contribution < 1.29 is 9.63 Å². The maximum Gasteiger partial charge on any atom is 0.295 e. The molecule has 0 aromatic carbocycles. The summed E-state index contributed by atoms with van der Waals surface area (Å²) in [4.78, 5) is 18.7. The Bertz CT molecular complexity index is 294. The quantitative estimate of drug-likeness (QED) is 0.477. The number of carbonyl (C=O) groups is 1. The molecule has 0 fully saturated rings. The van der Waals surface area contributed by atoms with Gasteiger partial charge in [0.2, 0.25) is 11.5 Å². The van der Waals surface area contributed by atoms with Crippen LogP contribution in [0.25, 0.3) is 0 Å². The minimum Gasteiger partial charge on any atom is -0.398 e. The van der Waals surface area contributed by atoms with E-state index in [1.54, 1.807) is 0 Å². The van der Waals surface area contributed by atoms with Crippen molar-refractivity contribution in [3.05, 3.63) is 11.3 Å². The molecule has 6 nitrogen and oxygen atoms in total. The van der Waals surface area contributed by atoms with Crippen molar-refractivity contribution in [3.8, 4) is 0 Å². The van der Waals surface area contributed by atoms with Crippen LogP contribution in [0.4, 0.5) is 0 Å². The first-order chi connectivity index (χ1) is 5.75. The molecule has 0 aliphatic carbocycles. The molecule has 0 unspecified atom stereocenters. The second kappa shape index (κ2) is 3.77. The van der Waals surface area contributed by atoms with Gasteiger partial charge in [-0.3, -0.25) is 10.5 Å². The van der Waals surface area contributed by atoms with Gasteiger partial charge in [-0.2, -0.15) is 4.37 Å². The van der Waals surface area contributed by atoms with Crippen LogP contribution in [0.1, 0.15) is 5.82 Å². The minimum absolute atomic E-state index is 0.127. The second-order valence-electron chi connectivity index (χ2n) is 1.71. The number of nitrogens with one attached hydrogen (secondary N) is 1. The third-order valence-electron chi connectivity index (χ3n) is 0.971. The zero-order valence-corrected chi connectivity index (χ0v) is 6.96. The lowest BCUT2D eigenvalue weighted by atomic mass is 10.3. The Morgan fingerprint density at radius 1 is 1.83 bits per heavy atom. The topological polar surface area (TPSA) is 88.2 Å². The summed E-state index contributed by atoms with van der Waals surface area (Å²) in [6, 6.07) is 0. The van der Waals surface area contributed by atoms with Crippen LogP contribution in [-0.4, -0.2) is 28.1 Å². The summed E-state index contributed by atoms with van der Waals surface area (Å²) in [6.07, 6.45) is 0. The maximum absolute atomic E-state index is 10.6. The van der Waals surface area contributed by atoms with Crippen LogP contribution in [0.2, 0.25) is 0 Å². The molecule has 7 heteroatoms. The standard InChI is InChI=1S/C5H5N4O2S/c1-11-8-3(4(6)10)5-7-2-12-9-5/h2,6H,1H3/b8-3-. The van der Waals surface area contributed by atoms with E-state index in [0.29, 0.717) is 0 Å². The van der Waals surface area contributed by atoms with Gasteiger partial charge >= 0.3 is 0 Å². The molecule has 0 saturated carbocycles. The summed E-state index contributed by atoms with van der Waals surface area (Å²) in [7, 11) is 1.29. The first kappa shape index (κ1) is 8.60. The number of amides is 1. The number of rotatable bonds is 3. The van der Waals surface area contributed by atoms with Crippen molar-refractivity contribution in [2.45, 2.75) is 0 Å². The highest BCUT2D eigenvalue weighted by atomic mass is 32.1. The monoisotopic (exact) mass is 185 g/mol. The largest absolute Gasteiger partial charge is 0.398 e. The SMILES string of the molecule is CO/N=C(/C([NH])=O)c1ncsn1. The normalized spacial score (nSPS) is 11.2. The summed E-state index contributed by atoms with van der Waals surface area (Å²) in [5, 5.41) is 3.33. The second-order valence-corrected chi connectivity index (χ2v) is 2.31. The van der Waals surface area contributed by atoms with E-state index in [-0.39, 0.29) is 11.5 Å². The first-order valence-electron chi connectivity index (χ1n) is 2.89. The number of hydrogen-bond acceptors (Lipinski definition) is 6. The van der Waals surface area contributed by atoms with E-state index in [4.69, 9.17) is 5.73 Å². The lowest BCUT2D eigenvalue weighted by Gasteiger charge is -1.92. The van der Waals surface area contributed by atoms with Crippen LogP contribution in [0.5, 0.6) is 0 Å². The third kappa shape index (κ3) is 1.76. The Morgan fingerprint density at radius 3 is 3.00 bits per heavy atom. The molecule has 63 valence electrons. The Balaban J connectivity index is 2.96. The van der Waals surface area contributed by atoms with Gasteiger partial charge in [-0.05, 0) is 11.5 Å². The molecule has 0 aliphatic heterocycles. The van der Waals surface area contributed by atoms with E-state index < -0.39 is 5.91 Å². The van der Waals surface area contributed by atoms with Gasteiger partial charge in [-0.1, -0.05) is 5.16 Å². The van der Waals surface area contributed by atoms with Crippen molar-refractivity contribution >= 4 is 23.2 Å². The van der Waals surface area contributed by atoms with Gasteiger partial charge in [0.25, 0.3) is 5.91 Å². The molecular weight excluding hydrogens is 180 g/mol. The highest BCUT2D eigenvalue weighted by Crippen LogP contribution is 1.97. The third-order valence-corrected chi connectivity index (χ3v) is 1.45. The molecule has 1 N–H and O–H groups in total. The van der Waals surface area contributed by atoms with Crippen molar-refractivity contribution in [1.29, 1.82) is 0 Å². The van der Waals surface area contributed by atoms with Crippen LogP contribution in [0.15, 0.2) is 10.7 Å². The fourth-order valence-corrected chi connectivity index (χ4v) is 0.978. The van der Waals surface area contributed by atoms with Crippen molar-refractivity contribution in [2.24, 2.45) is 5.16 Å². The Morgan fingerprint density at radius 2 is 2.58 bits per heavy atom. The molecule has 1 aromatic rings. The van der Waals surface area contributed by atoms with E-state index in [0.717, 1.165) is 11.5 Å². The maximum atomic E-state index is 10.6. The van der Waals surface area contributed by atoms with Crippen LogP contribution >= 0.6 is 11.5 Å². The first-order valence-corrected chi connectivity index (χ1v) is 3.73. The average Bonchev–Trinajstić information content (AvgIpc) is 2.51. The van der Waals surface area contributed by atoms with Crippen LogP contribution < -0.4 is 5.73 Å². The predicted octanol–water partition coefficient (Wildman–Crippen LogP) is -0.302. The Kier molecular flexibility index (Phi) is 2.70. The van der Waals surface area contributed by atoms with Gasteiger partial charge in [-0.25, -0.2) is 4.98 Å². The summed E-state index contributed by atoms with van der Waals surface area (Å²) >= 11 is 1.08. The zero-order chi connectivity index (χ0) is 8.97. The van der Waals surface area contributed by atoms with Crippen LogP contribution in [-0.2, 0) is 9.63 Å². The average molecular weight is 185 g/mol. The highest BCUT2D eigenvalue weighted by Gasteiger charge is 2.15. The highest BCUT2D eigenvalue weighted by molar-refractivity contribution is 7.03. The molecule has 1 aromatic heterocycles. The van der Waals surface area contributed by atoms with Crippen molar-refractivity contribution in [3.63, 3.8) is 0 Å². The zero-order valence-electron chi connectivity index (χ0n) is 6.14.